The third-order valence-electron chi connectivity index (χ3n) is 8.58. The fourth-order valence-corrected chi connectivity index (χ4v) is 8.66. The van der Waals surface area contributed by atoms with Gasteiger partial charge in [0, 0.05) is 56.3 Å². The molecule has 0 fully saturated rings. The van der Waals surface area contributed by atoms with E-state index in [9.17, 15) is 19.6 Å². The summed E-state index contributed by atoms with van der Waals surface area (Å²) in [5, 5.41) is 19.4. The van der Waals surface area contributed by atoms with Crippen molar-refractivity contribution in [3.63, 3.8) is 0 Å². The quantitative estimate of drug-likeness (QED) is 0.0859. The number of fused-ring (bicyclic) bond motifs is 1. The molecule has 0 spiro atoms. The van der Waals surface area contributed by atoms with Crippen LogP contribution in [0, 0.1) is 11.3 Å². The molecule has 1 aliphatic heterocycles. The van der Waals surface area contributed by atoms with Gasteiger partial charge in [0.2, 0.25) is 5.91 Å². The van der Waals surface area contributed by atoms with Gasteiger partial charge in [-0.25, -0.2) is 0 Å². The molecule has 6 rings (SSSR count). The number of anilines is 2. The van der Waals surface area contributed by atoms with E-state index in [4.69, 9.17) is 23.2 Å². The average molecular weight is 781 g/mol. The van der Waals surface area contributed by atoms with Crippen molar-refractivity contribution in [1.82, 2.24) is 10.2 Å². The Morgan fingerprint density at radius 2 is 1.64 bits per heavy atom. The van der Waals surface area contributed by atoms with Crippen LogP contribution in [0.3, 0.4) is 0 Å². The Kier molecular flexibility index (Phi) is 12.7. The number of benzene rings is 4. The molecule has 0 radical (unpaired) electrons. The molecular weight excluding hydrogens is 746 g/mol. The number of nitriles is 1. The van der Waals surface area contributed by atoms with E-state index in [0.717, 1.165) is 41.4 Å². The van der Waals surface area contributed by atoms with E-state index >= 15 is 0 Å². The highest BCUT2D eigenvalue weighted by Gasteiger charge is 2.27. The van der Waals surface area contributed by atoms with E-state index in [0.29, 0.717) is 43.8 Å². The Hall–Kier alpha value is -4.89. The van der Waals surface area contributed by atoms with Gasteiger partial charge < -0.3 is 16.0 Å². The zero-order valence-corrected chi connectivity index (χ0v) is 31.8. The third kappa shape index (κ3) is 9.57. The van der Waals surface area contributed by atoms with Crippen molar-refractivity contribution in [3.05, 3.63) is 152 Å². The monoisotopic (exact) mass is 779 g/mol. The molecule has 1 atom stereocenters. The second-order valence-corrected chi connectivity index (χ2v) is 15.5. The summed E-state index contributed by atoms with van der Waals surface area (Å²) in [6.07, 6.45) is 2.72. The first-order valence-corrected chi connectivity index (χ1v) is 19.4. The van der Waals surface area contributed by atoms with Crippen LogP contribution in [0.25, 0.3) is 6.08 Å². The van der Waals surface area contributed by atoms with E-state index in [1.807, 2.05) is 31.2 Å². The second kappa shape index (κ2) is 17.8. The maximum absolute atomic E-state index is 13.7. The number of carbonyl (C=O) groups excluding carboxylic acids is 3. The molecule has 0 saturated carbocycles. The number of halogens is 2. The van der Waals surface area contributed by atoms with Gasteiger partial charge in [-0.3, -0.25) is 19.3 Å². The van der Waals surface area contributed by atoms with Crippen molar-refractivity contribution in [2.24, 2.45) is 0 Å². The van der Waals surface area contributed by atoms with E-state index < -0.39 is 17.1 Å². The lowest BCUT2D eigenvalue weighted by Crippen LogP contribution is -2.30. The second-order valence-electron chi connectivity index (χ2n) is 12.3. The number of nitrogens with one attached hydrogen (secondary N) is 3. The molecule has 53 heavy (non-hydrogen) atoms. The van der Waals surface area contributed by atoms with Crippen molar-refractivity contribution < 1.29 is 14.4 Å². The van der Waals surface area contributed by atoms with Crippen LogP contribution < -0.4 is 16.0 Å². The number of thioether (sulfide) groups is 1. The first-order valence-electron chi connectivity index (χ1n) is 16.9. The van der Waals surface area contributed by atoms with Gasteiger partial charge in [0.15, 0.2) is 0 Å². The molecule has 268 valence electrons. The number of hydrogen-bond donors (Lipinski definition) is 3. The number of nitrogens with zero attached hydrogens (tertiary/aromatic N) is 2. The molecule has 0 bridgehead atoms. The zero-order chi connectivity index (χ0) is 37.3. The van der Waals surface area contributed by atoms with Gasteiger partial charge in [-0.15, -0.1) is 23.1 Å². The Labute approximate surface area is 326 Å². The highest BCUT2D eigenvalue weighted by molar-refractivity contribution is 8.00. The molecule has 5 aromatic rings. The minimum atomic E-state index is -0.592. The lowest BCUT2D eigenvalue weighted by molar-refractivity contribution is -0.116. The van der Waals surface area contributed by atoms with Gasteiger partial charge in [0.1, 0.15) is 16.8 Å². The van der Waals surface area contributed by atoms with Crippen LogP contribution >= 0.6 is 46.3 Å². The fraction of sp³-hybridized carbons (Fsp3) is 0.171. The van der Waals surface area contributed by atoms with Gasteiger partial charge >= 0.3 is 0 Å². The number of amides is 3. The van der Waals surface area contributed by atoms with Crippen molar-refractivity contribution >= 4 is 80.8 Å². The maximum Gasteiger partial charge on any atom is 0.272 e. The SMILES string of the molecule is CCC(Sc1cccc(NC(=O)/C(=C\c2c(Cl)cccc2Cl)NC(=O)c2ccccc2)c1)C(=O)Nc1sc2c(c1C#N)CCN(Cc1ccccc1)C2. The Bertz CT molecular complexity index is 2180. The number of hydrogen-bond acceptors (Lipinski definition) is 7. The molecule has 8 nitrogen and oxygen atoms in total. The molecule has 3 amide bonds. The number of rotatable bonds is 12. The number of thiophene rings is 1. The molecule has 0 aliphatic carbocycles. The molecule has 1 aromatic heterocycles. The fourth-order valence-electron chi connectivity index (χ4n) is 5.90. The van der Waals surface area contributed by atoms with Crippen molar-refractivity contribution in [3.8, 4) is 6.07 Å². The van der Waals surface area contributed by atoms with Crippen LogP contribution in [0.4, 0.5) is 10.7 Å². The summed E-state index contributed by atoms with van der Waals surface area (Å²) in [6, 6.07) is 33.3. The molecule has 2 heterocycles. The predicted octanol–water partition coefficient (Wildman–Crippen LogP) is 9.40. The van der Waals surface area contributed by atoms with Crippen LogP contribution in [0.5, 0.6) is 0 Å². The summed E-state index contributed by atoms with van der Waals surface area (Å²) in [5.41, 5.74) is 3.95. The molecule has 1 aliphatic rings. The van der Waals surface area contributed by atoms with Crippen LogP contribution in [-0.4, -0.2) is 34.4 Å². The summed E-state index contributed by atoms with van der Waals surface area (Å²) in [5.74, 6) is -1.27. The lowest BCUT2D eigenvalue weighted by atomic mass is 10.0. The summed E-state index contributed by atoms with van der Waals surface area (Å²) in [4.78, 5) is 44.6. The first-order chi connectivity index (χ1) is 25.7. The minimum absolute atomic E-state index is 0.0622. The van der Waals surface area contributed by atoms with Gasteiger partial charge in [-0.05, 0) is 72.5 Å². The lowest BCUT2D eigenvalue weighted by Gasteiger charge is -2.26. The van der Waals surface area contributed by atoms with Crippen LogP contribution in [0.15, 0.2) is 114 Å². The van der Waals surface area contributed by atoms with Crippen molar-refractivity contribution in [2.45, 2.75) is 43.0 Å². The van der Waals surface area contributed by atoms with E-state index in [-0.39, 0.29) is 11.6 Å². The smallest absolute Gasteiger partial charge is 0.272 e. The molecule has 3 N–H and O–H groups in total. The summed E-state index contributed by atoms with van der Waals surface area (Å²) >= 11 is 15.6. The predicted molar refractivity (Wildman–Crippen MR) is 215 cm³/mol. The Balaban J connectivity index is 1.15. The highest BCUT2D eigenvalue weighted by Crippen LogP contribution is 2.38. The van der Waals surface area contributed by atoms with Gasteiger partial charge in [0.25, 0.3) is 11.8 Å². The molecule has 0 saturated heterocycles. The average Bonchev–Trinajstić information content (AvgIpc) is 3.51. The van der Waals surface area contributed by atoms with Gasteiger partial charge in [-0.1, -0.05) is 90.8 Å². The third-order valence-corrected chi connectivity index (χ3v) is 11.7. The normalized spacial score (nSPS) is 13.4. The minimum Gasteiger partial charge on any atom is -0.321 e. The number of carbonyl (C=O) groups is 3. The van der Waals surface area contributed by atoms with Crippen LogP contribution in [0.1, 0.15) is 50.8 Å². The topological polar surface area (TPSA) is 114 Å². The zero-order valence-electron chi connectivity index (χ0n) is 28.7. The van der Waals surface area contributed by atoms with Crippen LogP contribution in [0.2, 0.25) is 10.0 Å². The summed E-state index contributed by atoms with van der Waals surface area (Å²) in [7, 11) is 0. The van der Waals surface area contributed by atoms with E-state index in [1.165, 1.54) is 34.7 Å². The van der Waals surface area contributed by atoms with E-state index in [2.05, 4.69) is 39.1 Å². The van der Waals surface area contributed by atoms with Crippen molar-refractivity contribution in [1.29, 1.82) is 5.26 Å². The Morgan fingerprint density at radius 3 is 2.34 bits per heavy atom. The van der Waals surface area contributed by atoms with Crippen LogP contribution in [-0.2, 0) is 29.1 Å². The van der Waals surface area contributed by atoms with E-state index in [1.54, 1.807) is 66.7 Å². The Morgan fingerprint density at radius 1 is 0.943 bits per heavy atom. The van der Waals surface area contributed by atoms with Gasteiger partial charge in [0.05, 0.1) is 10.8 Å². The largest absolute Gasteiger partial charge is 0.321 e. The molecule has 12 heteroatoms. The highest BCUT2D eigenvalue weighted by atomic mass is 35.5. The molecule has 4 aromatic carbocycles. The first kappa shape index (κ1) is 37.9. The molecule has 1 unspecified atom stereocenters. The maximum atomic E-state index is 13.7. The summed E-state index contributed by atoms with van der Waals surface area (Å²) in [6.45, 7) is 4.32. The molecular formula is C41H35Cl2N5O3S2. The standard InChI is InChI=1S/C41H35Cl2N5O3S2/c1-2-36(40(51)47-41-32(23-44)30-19-20-48(25-37(30)53-41)24-26-11-5-3-6-12-26)52-29-16-9-15-28(21-29)45-39(50)35(22-31-33(42)17-10-18-34(31)43)46-38(49)27-13-7-4-8-14-27/h3-18,21-22,36H,2,19-20,24-25H2,1H3,(H,45,50)(H,46,49)(H,47,51)/b35-22+. The van der Waals surface area contributed by atoms with Crippen molar-refractivity contribution in [2.75, 3.05) is 17.2 Å². The summed E-state index contributed by atoms with van der Waals surface area (Å²) < 4.78 is 0. The van der Waals surface area contributed by atoms with Gasteiger partial charge in [-0.2, -0.15) is 5.26 Å².